The Labute approximate surface area is 111 Å². The summed E-state index contributed by atoms with van der Waals surface area (Å²) in [6.45, 7) is 2.31. The maximum atomic E-state index is 12.1. The highest BCUT2D eigenvalue weighted by Gasteiger charge is 2.18. The second-order valence-electron chi connectivity index (χ2n) is 4.11. The highest BCUT2D eigenvalue weighted by molar-refractivity contribution is 7.92. The van der Waals surface area contributed by atoms with Gasteiger partial charge in [0.05, 0.1) is 18.4 Å². The van der Waals surface area contributed by atoms with E-state index in [-0.39, 0.29) is 5.09 Å². The Morgan fingerprint density at radius 1 is 1.32 bits per heavy atom. The van der Waals surface area contributed by atoms with Crippen molar-refractivity contribution in [1.82, 2.24) is 10.3 Å². The van der Waals surface area contributed by atoms with E-state index in [0.29, 0.717) is 18.0 Å². The highest BCUT2D eigenvalue weighted by Crippen LogP contribution is 2.18. The van der Waals surface area contributed by atoms with Crippen LogP contribution in [0.4, 0.5) is 5.69 Å². The van der Waals surface area contributed by atoms with E-state index in [0.717, 1.165) is 5.56 Å². The van der Waals surface area contributed by atoms with E-state index in [9.17, 15) is 8.42 Å². The van der Waals surface area contributed by atoms with Gasteiger partial charge >= 0.3 is 0 Å². The fourth-order valence-corrected chi connectivity index (χ4v) is 2.57. The molecule has 0 atom stereocenters. The first-order chi connectivity index (χ1) is 9.01. The van der Waals surface area contributed by atoms with Crippen LogP contribution in [0.25, 0.3) is 0 Å². The molecule has 0 aliphatic rings. The van der Waals surface area contributed by atoms with Gasteiger partial charge in [-0.3, -0.25) is 9.71 Å². The molecule has 0 saturated carbocycles. The van der Waals surface area contributed by atoms with Crippen molar-refractivity contribution in [2.45, 2.75) is 18.6 Å². The molecular weight excluding hydrogens is 266 g/mol. The fourth-order valence-electron chi connectivity index (χ4n) is 1.59. The molecule has 2 aromatic rings. The van der Waals surface area contributed by atoms with Gasteiger partial charge in [0, 0.05) is 6.20 Å². The maximum Gasteiger partial charge on any atom is 0.295 e. The number of furan rings is 1. The summed E-state index contributed by atoms with van der Waals surface area (Å²) in [5, 5.41) is 2.78. The Morgan fingerprint density at radius 2 is 2.11 bits per heavy atom. The summed E-state index contributed by atoms with van der Waals surface area (Å²) < 4.78 is 31.8. The summed E-state index contributed by atoms with van der Waals surface area (Å²) in [6.07, 6.45) is 3.09. The number of anilines is 1. The molecule has 0 aliphatic heterocycles. The summed E-state index contributed by atoms with van der Waals surface area (Å²) >= 11 is 0. The van der Waals surface area contributed by atoms with Crippen LogP contribution in [0.3, 0.4) is 0 Å². The number of pyridine rings is 1. The monoisotopic (exact) mass is 281 g/mol. The summed E-state index contributed by atoms with van der Waals surface area (Å²) in [5.74, 6) is 0.560. The molecule has 0 fully saturated rings. The molecule has 0 amide bonds. The molecule has 6 nitrogen and oxygen atoms in total. The molecule has 2 aromatic heterocycles. The molecule has 2 heterocycles. The van der Waals surface area contributed by atoms with Gasteiger partial charge in [0.15, 0.2) is 0 Å². The molecule has 0 bridgehead atoms. The molecule has 0 unspecified atom stereocenters. The number of hydrogen-bond donors (Lipinski definition) is 2. The van der Waals surface area contributed by atoms with Crippen molar-refractivity contribution in [1.29, 1.82) is 0 Å². The predicted molar refractivity (Wildman–Crippen MR) is 71.3 cm³/mol. The van der Waals surface area contributed by atoms with E-state index in [4.69, 9.17) is 4.42 Å². The van der Waals surface area contributed by atoms with Crippen LogP contribution in [0.2, 0.25) is 0 Å². The van der Waals surface area contributed by atoms with E-state index >= 15 is 0 Å². The number of aryl methyl sites for hydroxylation is 1. The third kappa shape index (κ3) is 3.33. The molecular formula is C12H15N3O3S. The van der Waals surface area contributed by atoms with Gasteiger partial charge in [-0.25, -0.2) is 0 Å². The largest absolute Gasteiger partial charge is 0.446 e. The molecule has 2 rings (SSSR count). The summed E-state index contributed by atoms with van der Waals surface area (Å²) in [5.41, 5.74) is 1.28. The van der Waals surface area contributed by atoms with Gasteiger partial charge in [0.2, 0.25) is 5.09 Å². The predicted octanol–water partition coefficient (Wildman–Crippen LogP) is 1.50. The molecule has 2 N–H and O–H groups in total. The minimum Gasteiger partial charge on any atom is -0.446 e. The number of aromatic nitrogens is 1. The van der Waals surface area contributed by atoms with Gasteiger partial charge in [0.25, 0.3) is 10.0 Å². The van der Waals surface area contributed by atoms with Crippen molar-refractivity contribution >= 4 is 15.7 Å². The van der Waals surface area contributed by atoms with Crippen molar-refractivity contribution in [2.75, 3.05) is 11.8 Å². The average Bonchev–Trinajstić information content (AvgIpc) is 2.78. The smallest absolute Gasteiger partial charge is 0.295 e. The number of sulfonamides is 1. The Bertz CT molecular complexity index is 664. The average molecular weight is 281 g/mol. The van der Waals surface area contributed by atoms with Crippen molar-refractivity contribution in [2.24, 2.45) is 0 Å². The zero-order chi connectivity index (χ0) is 13.9. The topological polar surface area (TPSA) is 84.2 Å². The molecule has 0 saturated heterocycles. The SMILES string of the molecule is CNCc1ccc(S(=O)(=O)Nc2cncc(C)c2)o1. The summed E-state index contributed by atoms with van der Waals surface area (Å²) in [6, 6.07) is 4.75. The Morgan fingerprint density at radius 3 is 2.79 bits per heavy atom. The maximum absolute atomic E-state index is 12.1. The zero-order valence-corrected chi connectivity index (χ0v) is 11.5. The van der Waals surface area contributed by atoms with Crippen molar-refractivity contribution in [3.05, 3.63) is 41.9 Å². The van der Waals surface area contributed by atoms with Gasteiger partial charge in [-0.05, 0) is 37.7 Å². The highest BCUT2D eigenvalue weighted by atomic mass is 32.2. The van der Waals surface area contributed by atoms with Gasteiger partial charge in [0.1, 0.15) is 5.76 Å². The third-order valence-corrected chi connectivity index (χ3v) is 3.63. The van der Waals surface area contributed by atoms with Crippen LogP contribution in [-0.4, -0.2) is 20.4 Å². The lowest BCUT2D eigenvalue weighted by Gasteiger charge is -2.05. The van der Waals surface area contributed by atoms with Gasteiger partial charge in [-0.15, -0.1) is 0 Å². The third-order valence-electron chi connectivity index (χ3n) is 2.38. The zero-order valence-electron chi connectivity index (χ0n) is 10.7. The Hall–Kier alpha value is -1.86. The standard InChI is InChI=1S/C12H15N3O3S/c1-9-5-10(7-14-6-9)15-19(16,17)12-4-3-11(18-12)8-13-2/h3-7,13,15H,8H2,1-2H3. The molecule has 0 aliphatic carbocycles. The van der Waals surface area contributed by atoms with Gasteiger partial charge < -0.3 is 9.73 Å². The lowest BCUT2D eigenvalue weighted by Crippen LogP contribution is -2.12. The van der Waals surface area contributed by atoms with E-state index in [1.54, 1.807) is 25.4 Å². The van der Waals surface area contributed by atoms with Crippen LogP contribution in [-0.2, 0) is 16.6 Å². The van der Waals surface area contributed by atoms with Crippen molar-refractivity contribution < 1.29 is 12.8 Å². The second-order valence-corrected chi connectivity index (χ2v) is 5.72. The minimum atomic E-state index is -3.71. The molecule has 19 heavy (non-hydrogen) atoms. The molecule has 7 heteroatoms. The molecule has 0 radical (unpaired) electrons. The number of hydrogen-bond acceptors (Lipinski definition) is 5. The Balaban J connectivity index is 2.22. The first-order valence-corrected chi connectivity index (χ1v) is 7.17. The Kier molecular flexibility index (Phi) is 3.87. The number of nitrogens with one attached hydrogen (secondary N) is 2. The first-order valence-electron chi connectivity index (χ1n) is 5.69. The molecule has 0 spiro atoms. The van der Waals surface area contributed by atoms with Crippen LogP contribution < -0.4 is 10.0 Å². The van der Waals surface area contributed by atoms with E-state index in [1.807, 2.05) is 6.92 Å². The van der Waals surface area contributed by atoms with Crippen LogP contribution in [0.1, 0.15) is 11.3 Å². The van der Waals surface area contributed by atoms with Crippen molar-refractivity contribution in [3.8, 4) is 0 Å². The van der Waals surface area contributed by atoms with Crippen LogP contribution in [0.5, 0.6) is 0 Å². The molecule has 102 valence electrons. The number of nitrogens with zero attached hydrogens (tertiary/aromatic N) is 1. The quantitative estimate of drug-likeness (QED) is 0.867. The lowest BCUT2D eigenvalue weighted by atomic mass is 10.3. The first kappa shape index (κ1) is 13.6. The molecule has 0 aromatic carbocycles. The summed E-state index contributed by atoms with van der Waals surface area (Å²) in [7, 11) is -1.95. The second kappa shape index (κ2) is 5.41. The van der Waals surface area contributed by atoms with Crippen LogP contribution in [0.15, 0.2) is 40.1 Å². The normalized spacial score (nSPS) is 11.5. The van der Waals surface area contributed by atoms with Crippen LogP contribution >= 0.6 is 0 Å². The van der Waals surface area contributed by atoms with Crippen LogP contribution in [0, 0.1) is 6.92 Å². The van der Waals surface area contributed by atoms with E-state index < -0.39 is 10.0 Å². The van der Waals surface area contributed by atoms with E-state index in [2.05, 4.69) is 15.0 Å². The van der Waals surface area contributed by atoms with Crippen molar-refractivity contribution in [3.63, 3.8) is 0 Å². The van der Waals surface area contributed by atoms with Gasteiger partial charge in [-0.1, -0.05) is 0 Å². The minimum absolute atomic E-state index is 0.112. The van der Waals surface area contributed by atoms with E-state index in [1.165, 1.54) is 12.3 Å². The summed E-state index contributed by atoms with van der Waals surface area (Å²) in [4.78, 5) is 3.93. The fraction of sp³-hybridized carbons (Fsp3) is 0.250. The lowest BCUT2D eigenvalue weighted by molar-refractivity contribution is 0.408. The number of rotatable bonds is 5. The van der Waals surface area contributed by atoms with Gasteiger partial charge in [-0.2, -0.15) is 8.42 Å².